The van der Waals surface area contributed by atoms with E-state index in [-0.39, 0.29) is 0 Å². The van der Waals surface area contributed by atoms with Crippen molar-refractivity contribution in [1.29, 1.82) is 0 Å². The Morgan fingerprint density at radius 3 is 2.08 bits per heavy atom. The van der Waals surface area contributed by atoms with E-state index in [1.807, 2.05) is 7.05 Å². The summed E-state index contributed by atoms with van der Waals surface area (Å²) < 4.78 is 30.0. The van der Waals surface area contributed by atoms with Gasteiger partial charge in [-0.15, -0.1) is 0 Å². The normalized spacial score (nSPS) is 16.8. The maximum absolute atomic E-state index is 10.5. The number of rotatable bonds is 1. The van der Waals surface area contributed by atoms with Crippen molar-refractivity contribution < 1.29 is 34.0 Å². The summed E-state index contributed by atoms with van der Waals surface area (Å²) in [6.07, 6.45) is 1.81. The number of hydrogen-bond acceptors (Lipinski definition) is 4. The summed E-state index contributed by atoms with van der Waals surface area (Å²) in [4.78, 5) is 12.3. The molecule has 6 nitrogen and oxygen atoms in total. The first-order chi connectivity index (χ1) is 5.87. The maximum atomic E-state index is 10.5. The van der Waals surface area contributed by atoms with Gasteiger partial charge in [0.15, 0.2) is 0 Å². The van der Waals surface area contributed by atoms with Gasteiger partial charge in [-0.3, -0.25) is 4.79 Å². The molecular formula is C6H13CrNO5. The van der Waals surface area contributed by atoms with Crippen LogP contribution in [0.5, 0.6) is 0 Å². The second-order valence-electron chi connectivity index (χ2n) is 2.51. The Labute approximate surface area is 78.9 Å². The van der Waals surface area contributed by atoms with Crippen molar-refractivity contribution in [2.75, 3.05) is 20.7 Å². The van der Waals surface area contributed by atoms with Crippen LogP contribution in [-0.4, -0.2) is 35.7 Å². The number of hydrogen-bond donors (Lipinski definition) is 1. The molecule has 1 amide bonds. The Morgan fingerprint density at radius 2 is 2.00 bits per heavy atom. The van der Waals surface area contributed by atoms with Crippen LogP contribution < -0.4 is 0 Å². The van der Waals surface area contributed by atoms with E-state index in [9.17, 15) is 12.4 Å². The molecule has 1 N–H and O–H groups in total. The molecule has 0 unspecified atom stereocenters. The third-order valence-corrected chi connectivity index (χ3v) is 2.18. The van der Waals surface area contributed by atoms with E-state index in [0.29, 0.717) is 5.91 Å². The Balaban J connectivity index is 0.000000226. The molecule has 0 aromatic heterocycles. The Bertz CT molecular complexity index is 260. The van der Waals surface area contributed by atoms with Crippen LogP contribution in [0.4, 0.5) is 0 Å². The van der Waals surface area contributed by atoms with E-state index in [0.717, 1.165) is 26.5 Å². The van der Waals surface area contributed by atoms with Crippen molar-refractivity contribution in [2.24, 2.45) is 0 Å². The average molecular weight is 231 g/mol. The van der Waals surface area contributed by atoms with Crippen molar-refractivity contribution in [3.63, 3.8) is 0 Å². The Morgan fingerprint density at radius 1 is 1.54 bits per heavy atom. The second-order valence-corrected chi connectivity index (χ2v) is 4.37. The zero-order valence-corrected chi connectivity index (χ0v) is 8.83. The van der Waals surface area contributed by atoms with Gasteiger partial charge in [0.2, 0.25) is 5.91 Å². The molecule has 0 aliphatic carbocycles. The molecule has 0 spiro atoms. The van der Waals surface area contributed by atoms with Crippen LogP contribution in [0.2, 0.25) is 0 Å². The summed E-state index contributed by atoms with van der Waals surface area (Å²) in [5, 5.41) is 0. The van der Waals surface area contributed by atoms with Crippen molar-refractivity contribution in [2.45, 2.75) is 12.8 Å². The van der Waals surface area contributed by atoms with E-state index in [4.69, 9.17) is 4.16 Å². The van der Waals surface area contributed by atoms with Gasteiger partial charge >= 0.3 is 36.3 Å². The minimum absolute atomic E-state index is 0.292. The number of carbonyl (C=O) groups excluding carboxylic acids is 1. The molecule has 1 saturated heterocycles. The van der Waals surface area contributed by atoms with Gasteiger partial charge in [0, 0.05) is 20.0 Å². The first-order valence-electron chi connectivity index (χ1n) is 3.64. The first-order valence-corrected chi connectivity index (χ1v) is 5.77. The van der Waals surface area contributed by atoms with E-state index in [1.54, 1.807) is 4.90 Å². The topological polar surface area (TPSA) is 83.9 Å². The summed E-state index contributed by atoms with van der Waals surface area (Å²) in [5.74, 6) is 0.292. The molecule has 0 aromatic rings. The SMILES string of the molecule is CN1CCCC1=O.C[O][Cr](=[O])(=[O])[OH]. The fraction of sp³-hybridized carbons (Fsp3) is 0.833. The standard InChI is InChI=1S/C5H9NO.CH3O.Cr.H2O.2O/c1-6-4-2-3-5(6)7;1-2;;;;/h2-4H2,1H3;1H3;;1H2;;/q;-1;+2;;;/p-1. The summed E-state index contributed by atoms with van der Waals surface area (Å²) in [6, 6.07) is 0. The Hall–Kier alpha value is -0.478. The number of nitrogens with zero attached hydrogens (tertiary/aromatic N) is 1. The van der Waals surface area contributed by atoms with Crippen molar-refractivity contribution in [3.05, 3.63) is 0 Å². The zero-order valence-electron chi connectivity index (χ0n) is 7.56. The second kappa shape index (κ2) is 5.29. The molecule has 0 aromatic carbocycles. The molecule has 1 rings (SSSR count). The molecule has 7 heteroatoms. The predicted octanol–water partition coefficient (Wildman–Crippen LogP) is -0.461. The van der Waals surface area contributed by atoms with Gasteiger partial charge in [-0.05, 0) is 6.42 Å². The van der Waals surface area contributed by atoms with E-state index >= 15 is 0 Å². The third kappa shape index (κ3) is 6.66. The molecule has 13 heavy (non-hydrogen) atoms. The van der Waals surface area contributed by atoms with Gasteiger partial charge in [-0.25, -0.2) is 0 Å². The molecule has 1 aliphatic rings. The predicted molar refractivity (Wildman–Crippen MR) is 37.5 cm³/mol. The molecule has 1 aliphatic heterocycles. The van der Waals surface area contributed by atoms with E-state index in [2.05, 4.69) is 3.79 Å². The van der Waals surface area contributed by atoms with Crippen molar-refractivity contribution in [1.82, 2.24) is 4.90 Å². The molecule has 1 fully saturated rings. The van der Waals surface area contributed by atoms with Gasteiger partial charge in [0.25, 0.3) is 0 Å². The van der Waals surface area contributed by atoms with Crippen molar-refractivity contribution >= 4 is 5.91 Å². The summed E-state index contributed by atoms with van der Waals surface area (Å²) in [7, 11) is 2.75. The molecule has 78 valence electrons. The molecule has 0 saturated carbocycles. The van der Waals surface area contributed by atoms with Gasteiger partial charge in [0.05, 0.1) is 0 Å². The van der Waals surface area contributed by atoms with Gasteiger partial charge in [-0.1, -0.05) is 0 Å². The quantitative estimate of drug-likeness (QED) is 0.660. The fourth-order valence-corrected chi connectivity index (χ4v) is 0.783. The van der Waals surface area contributed by atoms with Crippen molar-refractivity contribution in [3.8, 4) is 0 Å². The fourth-order valence-electron chi connectivity index (χ4n) is 0.783. The van der Waals surface area contributed by atoms with Gasteiger partial charge < -0.3 is 4.90 Å². The number of likely N-dealkylation sites (tertiary alicyclic amines) is 1. The summed E-state index contributed by atoms with van der Waals surface area (Å²) >= 11 is -4.78. The van der Waals surface area contributed by atoms with E-state index in [1.165, 1.54) is 0 Å². The Kier molecular flexibility index (Phi) is 5.10. The number of carbonyl (C=O) groups is 1. The summed E-state index contributed by atoms with van der Waals surface area (Å²) in [5.41, 5.74) is 0. The van der Waals surface area contributed by atoms with E-state index < -0.39 is 13.6 Å². The monoisotopic (exact) mass is 231 g/mol. The van der Waals surface area contributed by atoms with Gasteiger partial charge in [-0.2, -0.15) is 0 Å². The minimum atomic E-state index is -4.78. The van der Waals surface area contributed by atoms with Crippen LogP contribution in [0.25, 0.3) is 0 Å². The van der Waals surface area contributed by atoms with Gasteiger partial charge in [0.1, 0.15) is 0 Å². The molecule has 1 heterocycles. The number of amides is 1. The van der Waals surface area contributed by atoms with Crippen LogP contribution in [0.3, 0.4) is 0 Å². The summed E-state index contributed by atoms with van der Waals surface area (Å²) in [6.45, 7) is 0.957. The van der Waals surface area contributed by atoms with Crippen LogP contribution >= 0.6 is 0 Å². The van der Waals surface area contributed by atoms with Crippen LogP contribution in [-0.2, 0) is 29.8 Å². The zero-order chi connectivity index (χ0) is 10.5. The molecule has 0 atom stereocenters. The van der Waals surface area contributed by atoms with Crippen LogP contribution in [0.1, 0.15) is 12.8 Å². The molecular weight excluding hydrogens is 218 g/mol. The van der Waals surface area contributed by atoms with Crippen LogP contribution in [0.15, 0.2) is 0 Å². The van der Waals surface area contributed by atoms with Crippen LogP contribution in [0, 0.1) is 0 Å². The molecule has 0 bridgehead atoms. The first kappa shape index (κ1) is 12.5. The third-order valence-electron chi connectivity index (χ3n) is 1.52. The molecule has 0 radical (unpaired) electrons. The average Bonchev–Trinajstić information content (AvgIpc) is 2.36.